The Morgan fingerprint density at radius 2 is 2.06 bits per heavy atom. The van der Waals surface area contributed by atoms with Gasteiger partial charge in [-0.15, -0.1) is 11.3 Å². The molecule has 1 aromatic carbocycles. The molecule has 0 fully saturated rings. The van der Waals surface area contributed by atoms with Crippen molar-refractivity contribution in [2.45, 2.75) is 3.79 Å². The van der Waals surface area contributed by atoms with Crippen LogP contribution < -0.4 is 0 Å². The molecule has 4 nitrogen and oxygen atoms in total. The van der Waals surface area contributed by atoms with Crippen molar-refractivity contribution in [1.29, 1.82) is 0 Å². The fourth-order valence-electron chi connectivity index (χ4n) is 0.971. The lowest BCUT2D eigenvalue weighted by atomic mass is 10.2. The molecule has 0 saturated heterocycles. The molecule has 8 heteroatoms. The zero-order chi connectivity index (χ0) is 13.6. The third-order valence-corrected chi connectivity index (χ3v) is 2.91. The standard InChI is InChI=1S/C7H4Cl3NO2.C3H3NS/c8-7(9,10)5-2-1-3-6(4-5)11(12)13;1-2-5-3-4-1/h1-4H;1-3H. The number of alkyl halides is 3. The second-order valence-corrected chi connectivity index (χ2v) is 6.02. The van der Waals surface area contributed by atoms with E-state index in [2.05, 4.69) is 4.98 Å². The van der Waals surface area contributed by atoms with Crippen LogP contribution in [0.3, 0.4) is 0 Å². The number of hydrogen-bond donors (Lipinski definition) is 0. The van der Waals surface area contributed by atoms with Gasteiger partial charge in [-0.2, -0.15) is 0 Å². The fourth-order valence-corrected chi connectivity index (χ4v) is 1.68. The molecule has 0 spiro atoms. The molecule has 0 unspecified atom stereocenters. The van der Waals surface area contributed by atoms with Gasteiger partial charge in [-0.3, -0.25) is 15.1 Å². The maximum absolute atomic E-state index is 10.4. The number of benzene rings is 1. The van der Waals surface area contributed by atoms with Crippen molar-refractivity contribution in [2.24, 2.45) is 0 Å². The smallest absolute Gasteiger partial charge is 0.258 e. The lowest BCUT2D eigenvalue weighted by Gasteiger charge is -2.09. The highest BCUT2D eigenvalue weighted by molar-refractivity contribution is 7.07. The molecule has 0 saturated carbocycles. The highest BCUT2D eigenvalue weighted by Crippen LogP contribution is 2.39. The molecule has 96 valence electrons. The number of rotatable bonds is 1. The minimum Gasteiger partial charge on any atom is -0.258 e. The number of nitro benzene ring substituents is 1. The van der Waals surface area contributed by atoms with Crippen molar-refractivity contribution < 1.29 is 4.92 Å². The van der Waals surface area contributed by atoms with Crippen LogP contribution in [0, 0.1) is 10.1 Å². The van der Waals surface area contributed by atoms with Gasteiger partial charge >= 0.3 is 0 Å². The van der Waals surface area contributed by atoms with Crippen LogP contribution in [0.4, 0.5) is 5.69 Å². The van der Waals surface area contributed by atoms with Gasteiger partial charge in [-0.25, -0.2) is 0 Å². The average Bonchev–Trinajstić information content (AvgIpc) is 2.86. The van der Waals surface area contributed by atoms with Crippen molar-refractivity contribution in [3.63, 3.8) is 0 Å². The zero-order valence-corrected chi connectivity index (χ0v) is 11.9. The molecule has 0 bridgehead atoms. The highest BCUT2D eigenvalue weighted by Gasteiger charge is 2.24. The van der Waals surface area contributed by atoms with Crippen molar-refractivity contribution >= 4 is 51.8 Å². The van der Waals surface area contributed by atoms with Gasteiger partial charge < -0.3 is 0 Å². The minimum atomic E-state index is -1.62. The van der Waals surface area contributed by atoms with Crippen molar-refractivity contribution in [1.82, 2.24) is 4.98 Å². The summed E-state index contributed by atoms with van der Waals surface area (Å²) in [7, 11) is 0. The summed E-state index contributed by atoms with van der Waals surface area (Å²) in [6.07, 6.45) is 1.77. The van der Waals surface area contributed by atoms with Gasteiger partial charge in [0, 0.05) is 29.3 Å². The Morgan fingerprint density at radius 1 is 1.33 bits per heavy atom. The van der Waals surface area contributed by atoms with E-state index in [0.717, 1.165) is 0 Å². The molecular weight excluding hydrogens is 319 g/mol. The first-order valence-corrected chi connectivity index (χ1v) is 6.62. The molecule has 2 aromatic rings. The predicted molar refractivity (Wildman–Crippen MR) is 74.4 cm³/mol. The number of nitro groups is 1. The Balaban J connectivity index is 0.000000269. The monoisotopic (exact) mass is 324 g/mol. The Bertz CT molecular complexity index is 483. The summed E-state index contributed by atoms with van der Waals surface area (Å²) in [5, 5.41) is 12.3. The molecule has 0 radical (unpaired) electrons. The summed E-state index contributed by atoms with van der Waals surface area (Å²) in [6.45, 7) is 0. The van der Waals surface area contributed by atoms with Gasteiger partial charge in [0.1, 0.15) is 0 Å². The first kappa shape index (κ1) is 15.2. The Morgan fingerprint density at radius 3 is 2.44 bits per heavy atom. The minimum absolute atomic E-state index is 0.0937. The van der Waals surface area contributed by atoms with E-state index in [1.165, 1.54) is 24.3 Å². The first-order valence-electron chi connectivity index (χ1n) is 4.55. The topological polar surface area (TPSA) is 56.0 Å². The molecular formula is C10H7Cl3N2O2S. The molecule has 1 heterocycles. The third kappa shape index (κ3) is 5.18. The number of thiazole rings is 1. The summed E-state index contributed by atoms with van der Waals surface area (Å²) in [6, 6.07) is 5.54. The predicted octanol–water partition coefficient (Wildman–Crippen LogP) is 4.56. The van der Waals surface area contributed by atoms with Crippen molar-refractivity contribution in [2.75, 3.05) is 0 Å². The Kier molecular flexibility index (Phi) is 5.81. The fraction of sp³-hybridized carbons (Fsp3) is 0.100. The maximum atomic E-state index is 10.4. The molecule has 0 aliphatic carbocycles. The van der Waals surface area contributed by atoms with E-state index >= 15 is 0 Å². The van der Waals surface area contributed by atoms with E-state index < -0.39 is 8.72 Å². The van der Waals surface area contributed by atoms with Crippen molar-refractivity contribution in [3.8, 4) is 0 Å². The summed E-state index contributed by atoms with van der Waals surface area (Å²) >= 11 is 18.2. The Hall–Kier alpha value is -0.880. The normalized spacial score (nSPS) is 10.4. The van der Waals surface area contributed by atoms with Crippen LogP contribution >= 0.6 is 46.1 Å². The molecule has 0 aliphatic heterocycles. The van der Waals surface area contributed by atoms with E-state index in [4.69, 9.17) is 34.8 Å². The highest BCUT2D eigenvalue weighted by atomic mass is 35.6. The maximum Gasteiger partial charge on any atom is 0.269 e. The van der Waals surface area contributed by atoms with Crippen LogP contribution in [0.2, 0.25) is 0 Å². The van der Waals surface area contributed by atoms with E-state index in [-0.39, 0.29) is 11.3 Å². The van der Waals surface area contributed by atoms with Crippen LogP contribution in [-0.2, 0) is 3.79 Å². The van der Waals surface area contributed by atoms with Crippen LogP contribution in [0.15, 0.2) is 41.4 Å². The summed E-state index contributed by atoms with van der Waals surface area (Å²) in [4.78, 5) is 13.6. The molecule has 2 rings (SSSR count). The van der Waals surface area contributed by atoms with Gasteiger partial charge in [0.15, 0.2) is 0 Å². The quantitative estimate of drug-likeness (QED) is 0.438. The summed E-state index contributed by atoms with van der Waals surface area (Å²) < 4.78 is -1.62. The van der Waals surface area contributed by atoms with Gasteiger partial charge in [-0.05, 0) is 0 Å². The third-order valence-electron chi connectivity index (χ3n) is 1.73. The molecule has 0 aliphatic rings. The molecule has 0 N–H and O–H groups in total. The van der Waals surface area contributed by atoms with E-state index in [0.29, 0.717) is 0 Å². The number of aromatic nitrogens is 1. The first-order chi connectivity index (χ1) is 8.41. The SMILES string of the molecule is O=[N+]([O-])c1cccc(C(Cl)(Cl)Cl)c1.c1cscn1. The number of nitrogens with zero attached hydrogens (tertiary/aromatic N) is 2. The van der Waals surface area contributed by atoms with E-state index in [1.807, 2.05) is 5.38 Å². The van der Waals surface area contributed by atoms with Crippen LogP contribution in [0.25, 0.3) is 0 Å². The Labute approximate surface area is 122 Å². The van der Waals surface area contributed by atoms with Gasteiger partial charge in [-0.1, -0.05) is 46.9 Å². The second kappa shape index (κ2) is 6.89. The molecule has 0 amide bonds. The number of halogens is 3. The molecule has 1 aromatic heterocycles. The zero-order valence-electron chi connectivity index (χ0n) is 8.79. The number of hydrogen-bond acceptors (Lipinski definition) is 4. The second-order valence-electron chi connectivity index (χ2n) is 2.98. The number of non-ortho nitro benzene ring substituents is 1. The van der Waals surface area contributed by atoms with Crippen molar-refractivity contribution in [3.05, 3.63) is 57.0 Å². The van der Waals surface area contributed by atoms with Gasteiger partial charge in [0.2, 0.25) is 3.79 Å². The average molecular weight is 326 g/mol. The lowest BCUT2D eigenvalue weighted by molar-refractivity contribution is -0.384. The van der Waals surface area contributed by atoms with Crippen LogP contribution in [0.5, 0.6) is 0 Å². The summed E-state index contributed by atoms with van der Waals surface area (Å²) in [5.74, 6) is 0. The van der Waals surface area contributed by atoms with Gasteiger partial charge in [0.05, 0.1) is 10.4 Å². The molecule has 0 atom stereocenters. The largest absolute Gasteiger partial charge is 0.269 e. The summed E-state index contributed by atoms with van der Waals surface area (Å²) in [5.41, 5.74) is 1.98. The van der Waals surface area contributed by atoms with Crippen LogP contribution in [-0.4, -0.2) is 9.91 Å². The van der Waals surface area contributed by atoms with E-state index in [1.54, 1.807) is 23.0 Å². The van der Waals surface area contributed by atoms with Crippen LogP contribution in [0.1, 0.15) is 5.56 Å². The lowest BCUT2D eigenvalue weighted by Crippen LogP contribution is -2.00. The van der Waals surface area contributed by atoms with Gasteiger partial charge in [0.25, 0.3) is 5.69 Å². The van der Waals surface area contributed by atoms with E-state index in [9.17, 15) is 10.1 Å². The molecule has 18 heavy (non-hydrogen) atoms.